The van der Waals surface area contributed by atoms with Gasteiger partial charge < -0.3 is 14.4 Å². The first-order valence-corrected chi connectivity index (χ1v) is 12.8. The van der Waals surface area contributed by atoms with Crippen LogP contribution in [0.5, 0.6) is 5.75 Å². The van der Waals surface area contributed by atoms with Gasteiger partial charge in [-0.25, -0.2) is 13.2 Å². The first-order valence-electron chi connectivity index (χ1n) is 10.9. The summed E-state index contributed by atoms with van der Waals surface area (Å²) in [4.78, 5) is 27.3. The summed E-state index contributed by atoms with van der Waals surface area (Å²) in [6.45, 7) is -0.237. The summed E-state index contributed by atoms with van der Waals surface area (Å²) in [6.07, 6.45) is 0.340. The third kappa shape index (κ3) is 5.82. The molecule has 0 N–H and O–H groups in total. The summed E-state index contributed by atoms with van der Waals surface area (Å²) in [6, 6.07) is 24.5. The van der Waals surface area contributed by atoms with E-state index in [1.54, 1.807) is 48.5 Å². The van der Waals surface area contributed by atoms with Gasteiger partial charge in [0.15, 0.2) is 16.4 Å². The molecule has 1 amide bonds. The van der Waals surface area contributed by atoms with Crippen LogP contribution in [0.3, 0.4) is 0 Å². The van der Waals surface area contributed by atoms with E-state index in [0.29, 0.717) is 17.9 Å². The highest BCUT2D eigenvalue weighted by Gasteiger charge is 2.36. The van der Waals surface area contributed by atoms with E-state index < -0.39 is 34.4 Å². The van der Waals surface area contributed by atoms with Crippen LogP contribution in [0.4, 0.5) is 5.69 Å². The van der Waals surface area contributed by atoms with Crippen molar-refractivity contribution in [2.45, 2.75) is 19.1 Å². The van der Waals surface area contributed by atoms with E-state index >= 15 is 0 Å². The predicted molar refractivity (Wildman–Crippen MR) is 128 cm³/mol. The third-order valence-electron chi connectivity index (χ3n) is 5.55. The number of anilines is 1. The van der Waals surface area contributed by atoms with Gasteiger partial charge in [-0.15, -0.1) is 0 Å². The molecule has 3 aromatic rings. The normalized spacial score (nSPS) is 16.5. The van der Waals surface area contributed by atoms with Crippen LogP contribution in [0.1, 0.15) is 22.3 Å². The fourth-order valence-electron chi connectivity index (χ4n) is 3.90. The van der Waals surface area contributed by atoms with Gasteiger partial charge in [0, 0.05) is 5.69 Å². The van der Waals surface area contributed by atoms with Gasteiger partial charge in [0.2, 0.25) is 0 Å². The number of hydrogen-bond acceptors (Lipinski definition) is 6. The largest absolute Gasteiger partial charge is 0.488 e. The van der Waals surface area contributed by atoms with Gasteiger partial charge in [0.25, 0.3) is 5.91 Å². The molecule has 176 valence electrons. The van der Waals surface area contributed by atoms with Crippen molar-refractivity contribution in [2.75, 3.05) is 23.0 Å². The molecule has 0 bridgehead atoms. The van der Waals surface area contributed by atoms with Gasteiger partial charge >= 0.3 is 5.97 Å². The van der Waals surface area contributed by atoms with Crippen LogP contribution in [0, 0.1) is 0 Å². The highest BCUT2D eigenvalue weighted by Crippen LogP contribution is 2.25. The van der Waals surface area contributed by atoms with Gasteiger partial charge in [-0.05, 0) is 36.2 Å². The van der Waals surface area contributed by atoms with E-state index in [4.69, 9.17) is 9.47 Å². The Morgan fingerprint density at radius 1 is 0.882 bits per heavy atom. The van der Waals surface area contributed by atoms with Crippen LogP contribution in [0.15, 0.2) is 84.9 Å². The number of sulfone groups is 1. The topological polar surface area (TPSA) is 90.0 Å². The summed E-state index contributed by atoms with van der Waals surface area (Å²) >= 11 is 0. The van der Waals surface area contributed by atoms with Crippen molar-refractivity contribution in [1.29, 1.82) is 0 Å². The number of esters is 1. The third-order valence-corrected chi connectivity index (χ3v) is 7.30. The lowest BCUT2D eigenvalue weighted by atomic mass is 10.1. The standard InChI is InChI=1S/C26H25NO6S/c28-25(27(21-11-5-2-6-12-21)22-15-16-34(30,31)19-22)18-33-26(29)23-13-7-8-14-24(23)32-17-20-9-3-1-4-10-20/h1-14,22H,15-19H2. The number of benzene rings is 3. The van der Waals surface area contributed by atoms with Crippen LogP contribution in [0.25, 0.3) is 0 Å². The molecule has 0 saturated carbocycles. The fourth-order valence-corrected chi connectivity index (χ4v) is 5.60. The van der Waals surface area contributed by atoms with Crippen molar-refractivity contribution in [1.82, 2.24) is 0 Å². The zero-order valence-electron chi connectivity index (χ0n) is 18.5. The smallest absolute Gasteiger partial charge is 0.342 e. The number of hydrogen-bond donors (Lipinski definition) is 0. The molecule has 7 nitrogen and oxygen atoms in total. The van der Waals surface area contributed by atoms with E-state index in [9.17, 15) is 18.0 Å². The molecule has 1 atom stereocenters. The van der Waals surface area contributed by atoms with Crippen molar-refractivity contribution in [3.63, 3.8) is 0 Å². The molecule has 0 aromatic heterocycles. The Bertz CT molecular complexity index is 1240. The molecule has 0 spiro atoms. The number of nitrogens with zero attached hydrogens (tertiary/aromatic N) is 1. The van der Waals surface area contributed by atoms with Crippen molar-refractivity contribution < 1.29 is 27.5 Å². The summed E-state index contributed by atoms with van der Waals surface area (Å²) in [5, 5.41) is 0. The second kappa shape index (κ2) is 10.5. The van der Waals surface area contributed by atoms with Crippen molar-refractivity contribution in [2.24, 2.45) is 0 Å². The number of para-hydroxylation sites is 2. The molecule has 1 unspecified atom stereocenters. The maximum Gasteiger partial charge on any atom is 0.342 e. The molecule has 1 fully saturated rings. The van der Waals surface area contributed by atoms with E-state index in [0.717, 1.165) is 5.56 Å². The van der Waals surface area contributed by atoms with E-state index in [-0.39, 0.29) is 23.7 Å². The maximum atomic E-state index is 13.1. The highest BCUT2D eigenvalue weighted by molar-refractivity contribution is 7.91. The Morgan fingerprint density at radius 2 is 1.53 bits per heavy atom. The van der Waals surface area contributed by atoms with Crippen LogP contribution in [-0.4, -0.2) is 44.4 Å². The van der Waals surface area contributed by atoms with E-state index in [1.165, 1.54) is 4.90 Å². The molecule has 1 aliphatic rings. The summed E-state index contributed by atoms with van der Waals surface area (Å²) in [5.74, 6) is -0.906. The van der Waals surface area contributed by atoms with Gasteiger partial charge in [0.05, 0.1) is 17.5 Å². The Morgan fingerprint density at radius 3 is 2.21 bits per heavy atom. The monoisotopic (exact) mass is 479 g/mol. The fraction of sp³-hybridized carbons (Fsp3) is 0.231. The first-order chi connectivity index (χ1) is 16.4. The minimum atomic E-state index is -3.21. The number of amides is 1. The maximum absolute atomic E-state index is 13.1. The summed E-state index contributed by atoms with van der Waals surface area (Å²) in [7, 11) is -3.21. The molecule has 0 aliphatic carbocycles. The van der Waals surface area contributed by atoms with Crippen LogP contribution in [-0.2, 0) is 26.0 Å². The van der Waals surface area contributed by atoms with Crippen molar-refractivity contribution >= 4 is 27.4 Å². The SMILES string of the molecule is O=C(OCC(=O)N(c1ccccc1)C1CCS(=O)(=O)C1)c1ccccc1OCc1ccccc1. The lowest BCUT2D eigenvalue weighted by molar-refractivity contribution is -0.122. The second-order valence-corrected chi connectivity index (χ2v) is 10.2. The molecule has 1 heterocycles. The highest BCUT2D eigenvalue weighted by atomic mass is 32.2. The molecule has 3 aromatic carbocycles. The molecular formula is C26H25NO6S. The average molecular weight is 480 g/mol. The van der Waals surface area contributed by atoms with Gasteiger partial charge in [-0.1, -0.05) is 60.7 Å². The Balaban J connectivity index is 1.45. The lowest BCUT2D eigenvalue weighted by Crippen LogP contribution is -2.43. The molecular weight excluding hydrogens is 454 g/mol. The van der Waals surface area contributed by atoms with Crippen LogP contribution >= 0.6 is 0 Å². The summed E-state index contributed by atoms with van der Waals surface area (Å²) in [5.41, 5.74) is 1.73. The first kappa shape index (κ1) is 23.5. The zero-order chi connectivity index (χ0) is 24.0. The quantitative estimate of drug-likeness (QED) is 0.458. The lowest BCUT2D eigenvalue weighted by Gasteiger charge is -2.28. The molecule has 1 saturated heterocycles. The molecule has 8 heteroatoms. The molecule has 1 aliphatic heterocycles. The van der Waals surface area contributed by atoms with E-state index in [1.807, 2.05) is 36.4 Å². The van der Waals surface area contributed by atoms with Crippen LogP contribution < -0.4 is 9.64 Å². The van der Waals surface area contributed by atoms with Crippen molar-refractivity contribution in [3.8, 4) is 5.75 Å². The van der Waals surface area contributed by atoms with Gasteiger partial charge in [-0.3, -0.25) is 4.79 Å². The van der Waals surface area contributed by atoms with Gasteiger partial charge in [-0.2, -0.15) is 0 Å². The van der Waals surface area contributed by atoms with E-state index in [2.05, 4.69) is 0 Å². The second-order valence-electron chi connectivity index (χ2n) is 8.00. The molecule has 0 radical (unpaired) electrons. The van der Waals surface area contributed by atoms with Gasteiger partial charge in [0.1, 0.15) is 17.9 Å². The Hall–Kier alpha value is -3.65. The minimum absolute atomic E-state index is 0.0280. The Kier molecular flexibility index (Phi) is 7.27. The summed E-state index contributed by atoms with van der Waals surface area (Å²) < 4.78 is 35.2. The predicted octanol–water partition coefficient (Wildman–Crippen LogP) is 3.64. The number of ether oxygens (including phenoxy) is 2. The van der Waals surface area contributed by atoms with Crippen molar-refractivity contribution in [3.05, 3.63) is 96.1 Å². The Labute approximate surface area is 198 Å². The molecule has 34 heavy (non-hydrogen) atoms. The number of carbonyl (C=O) groups is 2. The van der Waals surface area contributed by atoms with Crippen LogP contribution in [0.2, 0.25) is 0 Å². The minimum Gasteiger partial charge on any atom is -0.488 e. The molecule has 4 rings (SSSR count). The number of rotatable bonds is 8. The number of carbonyl (C=O) groups excluding carboxylic acids is 2. The zero-order valence-corrected chi connectivity index (χ0v) is 19.3. The average Bonchev–Trinajstić information content (AvgIpc) is 3.21.